The minimum Gasteiger partial charge on any atom is -0.467 e. The van der Waals surface area contributed by atoms with Gasteiger partial charge in [0.1, 0.15) is 5.76 Å². The molecule has 0 atom stereocenters. The molecule has 0 spiro atoms. The summed E-state index contributed by atoms with van der Waals surface area (Å²) in [5.41, 5.74) is 3.50. The van der Waals surface area contributed by atoms with E-state index < -0.39 is 0 Å². The van der Waals surface area contributed by atoms with Crippen molar-refractivity contribution in [2.45, 2.75) is 19.4 Å². The molecule has 8 heteroatoms. The van der Waals surface area contributed by atoms with Crippen LogP contribution in [0.5, 0.6) is 0 Å². The summed E-state index contributed by atoms with van der Waals surface area (Å²) in [7, 11) is 0. The third kappa shape index (κ3) is 8.10. The van der Waals surface area contributed by atoms with Crippen LogP contribution < -0.4 is 21.3 Å². The average molecular weight is 497 g/mol. The first kappa shape index (κ1) is 25.2. The maximum atomic E-state index is 12.4. The Morgan fingerprint density at radius 3 is 2.22 bits per heavy atom. The molecule has 0 unspecified atom stereocenters. The molecule has 0 aliphatic carbocycles. The number of hydrogen-bond donors (Lipinski definition) is 4. The molecule has 0 fully saturated rings. The molecule has 4 N–H and O–H groups in total. The minimum absolute atomic E-state index is 0.0394. The molecule has 3 amide bonds. The first-order chi connectivity index (χ1) is 18.0. The first-order valence-corrected chi connectivity index (χ1v) is 11.9. The summed E-state index contributed by atoms with van der Waals surface area (Å²) in [6.45, 7) is 0.320. The molecule has 0 saturated carbocycles. The lowest BCUT2D eigenvalue weighted by atomic mass is 10.1. The summed E-state index contributed by atoms with van der Waals surface area (Å²) in [6.07, 6.45) is 2.63. The lowest BCUT2D eigenvalue weighted by Crippen LogP contribution is -2.24. The topological polar surface area (TPSA) is 112 Å². The fourth-order valence-corrected chi connectivity index (χ4v) is 3.61. The summed E-state index contributed by atoms with van der Waals surface area (Å²) >= 11 is 0. The van der Waals surface area contributed by atoms with E-state index >= 15 is 0 Å². The van der Waals surface area contributed by atoms with Crippen LogP contribution >= 0.6 is 0 Å². The van der Waals surface area contributed by atoms with Crippen LogP contribution in [0.25, 0.3) is 0 Å². The minimum atomic E-state index is -0.266. The van der Waals surface area contributed by atoms with Crippen molar-refractivity contribution in [1.82, 2.24) is 5.32 Å². The van der Waals surface area contributed by atoms with Gasteiger partial charge in [0.05, 0.1) is 19.4 Å². The summed E-state index contributed by atoms with van der Waals surface area (Å²) < 4.78 is 5.21. The number of rotatable bonds is 11. The van der Waals surface area contributed by atoms with Crippen molar-refractivity contribution in [1.29, 1.82) is 0 Å². The molecular formula is C29H28N4O4. The molecule has 4 aromatic rings. The van der Waals surface area contributed by atoms with E-state index in [1.54, 1.807) is 66.9 Å². The molecule has 0 radical (unpaired) electrons. The first-order valence-electron chi connectivity index (χ1n) is 11.9. The van der Waals surface area contributed by atoms with Crippen LogP contribution in [0.3, 0.4) is 0 Å². The predicted molar refractivity (Wildman–Crippen MR) is 143 cm³/mol. The number of hydrogen-bond acceptors (Lipinski definition) is 5. The zero-order valence-electron chi connectivity index (χ0n) is 20.2. The van der Waals surface area contributed by atoms with Crippen LogP contribution in [0.4, 0.5) is 17.1 Å². The summed E-state index contributed by atoms with van der Waals surface area (Å²) in [5.74, 6) is 0.0764. The van der Waals surface area contributed by atoms with E-state index in [1.165, 1.54) is 0 Å². The maximum Gasteiger partial charge on any atom is 0.251 e. The van der Waals surface area contributed by atoms with Gasteiger partial charge in [0.15, 0.2) is 0 Å². The molecule has 4 rings (SSSR count). The van der Waals surface area contributed by atoms with Crippen LogP contribution in [0.2, 0.25) is 0 Å². The quantitative estimate of drug-likeness (QED) is 0.238. The molecule has 8 nitrogen and oxygen atoms in total. The summed E-state index contributed by atoms with van der Waals surface area (Å²) in [5, 5.41) is 11.5. The average Bonchev–Trinajstić information content (AvgIpc) is 3.45. The van der Waals surface area contributed by atoms with Gasteiger partial charge in [-0.05, 0) is 66.6 Å². The fourth-order valence-electron chi connectivity index (χ4n) is 3.61. The Hall–Kier alpha value is -4.85. The smallest absolute Gasteiger partial charge is 0.251 e. The van der Waals surface area contributed by atoms with Crippen molar-refractivity contribution in [2.75, 3.05) is 22.5 Å². The number of amides is 3. The van der Waals surface area contributed by atoms with Crippen LogP contribution in [-0.4, -0.2) is 24.3 Å². The Balaban J connectivity index is 1.20. The summed E-state index contributed by atoms with van der Waals surface area (Å²) in [6, 6.07) is 27.3. The van der Waals surface area contributed by atoms with Gasteiger partial charge in [-0.3, -0.25) is 14.4 Å². The maximum absolute atomic E-state index is 12.4. The van der Waals surface area contributed by atoms with Gasteiger partial charge >= 0.3 is 0 Å². The largest absolute Gasteiger partial charge is 0.467 e. The van der Waals surface area contributed by atoms with E-state index in [2.05, 4.69) is 21.3 Å². The Morgan fingerprint density at radius 2 is 1.46 bits per heavy atom. The Labute approximate surface area is 215 Å². The standard InChI is InChI=1S/C29H28N4O4/c34-27(16-11-21-6-2-1-3-7-21)32-24-14-12-23(13-15-24)30-20-28(35)33-25-9-4-8-22(18-25)29(36)31-19-26-10-5-17-37-26/h1-10,12-15,17-18,30H,11,16,19-20H2,(H,31,36)(H,32,34)(H,33,35). The third-order valence-corrected chi connectivity index (χ3v) is 5.52. The van der Waals surface area contributed by atoms with Crippen LogP contribution in [0.15, 0.2) is 102 Å². The van der Waals surface area contributed by atoms with Crippen molar-refractivity contribution in [2.24, 2.45) is 0 Å². The zero-order chi connectivity index (χ0) is 25.9. The molecule has 0 bridgehead atoms. The highest BCUT2D eigenvalue weighted by molar-refractivity contribution is 5.98. The second kappa shape index (κ2) is 12.7. The summed E-state index contributed by atoms with van der Waals surface area (Å²) in [4.78, 5) is 37.0. The lowest BCUT2D eigenvalue weighted by molar-refractivity contribution is -0.116. The van der Waals surface area contributed by atoms with Gasteiger partial charge in [-0.25, -0.2) is 0 Å². The van der Waals surface area contributed by atoms with Crippen molar-refractivity contribution >= 4 is 34.8 Å². The fraction of sp³-hybridized carbons (Fsp3) is 0.138. The molecule has 1 aromatic heterocycles. The highest BCUT2D eigenvalue weighted by Gasteiger charge is 2.09. The number of carbonyl (C=O) groups is 3. The Morgan fingerprint density at radius 1 is 0.703 bits per heavy atom. The van der Waals surface area contributed by atoms with Crippen molar-refractivity contribution in [3.8, 4) is 0 Å². The van der Waals surface area contributed by atoms with Gasteiger partial charge in [0, 0.05) is 29.0 Å². The Kier molecular flexibility index (Phi) is 8.69. The van der Waals surface area contributed by atoms with Gasteiger partial charge < -0.3 is 25.7 Å². The van der Waals surface area contributed by atoms with E-state index in [-0.39, 0.29) is 30.8 Å². The van der Waals surface area contributed by atoms with Crippen LogP contribution in [-0.2, 0) is 22.6 Å². The molecule has 188 valence electrons. The Bertz CT molecular complexity index is 1320. The zero-order valence-corrected chi connectivity index (χ0v) is 20.2. The lowest BCUT2D eigenvalue weighted by Gasteiger charge is -2.10. The van der Waals surface area contributed by atoms with Gasteiger partial charge in [0.25, 0.3) is 5.91 Å². The highest BCUT2D eigenvalue weighted by Crippen LogP contribution is 2.15. The molecule has 0 aliphatic heterocycles. The highest BCUT2D eigenvalue weighted by atomic mass is 16.3. The van der Waals surface area contributed by atoms with Gasteiger partial charge in [-0.1, -0.05) is 36.4 Å². The molecule has 0 saturated heterocycles. The second-order valence-electron chi connectivity index (χ2n) is 8.36. The van der Waals surface area contributed by atoms with E-state index in [0.29, 0.717) is 35.5 Å². The monoisotopic (exact) mass is 496 g/mol. The number of anilines is 3. The van der Waals surface area contributed by atoms with Crippen molar-refractivity contribution in [3.63, 3.8) is 0 Å². The molecule has 0 aliphatic rings. The van der Waals surface area contributed by atoms with Crippen molar-refractivity contribution in [3.05, 3.63) is 114 Å². The second-order valence-corrected chi connectivity index (χ2v) is 8.36. The van der Waals surface area contributed by atoms with Crippen LogP contribution in [0.1, 0.15) is 28.1 Å². The van der Waals surface area contributed by atoms with E-state index in [4.69, 9.17) is 4.42 Å². The van der Waals surface area contributed by atoms with Gasteiger partial charge in [-0.15, -0.1) is 0 Å². The van der Waals surface area contributed by atoms with E-state index in [9.17, 15) is 14.4 Å². The van der Waals surface area contributed by atoms with Crippen molar-refractivity contribution < 1.29 is 18.8 Å². The number of nitrogens with one attached hydrogen (secondary N) is 4. The molecule has 1 heterocycles. The molecule has 37 heavy (non-hydrogen) atoms. The SMILES string of the molecule is O=C(CCc1ccccc1)Nc1ccc(NCC(=O)Nc2cccc(C(=O)NCc3ccco3)c2)cc1. The number of benzene rings is 3. The normalized spacial score (nSPS) is 10.4. The number of aryl methyl sites for hydroxylation is 1. The molecular weight excluding hydrogens is 468 g/mol. The number of furan rings is 1. The van der Waals surface area contributed by atoms with Crippen LogP contribution in [0, 0.1) is 0 Å². The van der Waals surface area contributed by atoms with E-state index in [1.807, 2.05) is 30.3 Å². The van der Waals surface area contributed by atoms with E-state index in [0.717, 1.165) is 11.3 Å². The van der Waals surface area contributed by atoms with Gasteiger partial charge in [-0.2, -0.15) is 0 Å². The third-order valence-electron chi connectivity index (χ3n) is 5.52. The molecule has 3 aromatic carbocycles. The predicted octanol–water partition coefficient (Wildman–Crippen LogP) is 4.83. The number of carbonyl (C=O) groups excluding carboxylic acids is 3. The van der Waals surface area contributed by atoms with Gasteiger partial charge in [0.2, 0.25) is 11.8 Å².